The molecular weight excluding hydrogens is 260 g/mol. The second-order valence-electron chi connectivity index (χ2n) is 4.15. The maximum Gasteiger partial charge on any atom is 0.253 e. The zero-order chi connectivity index (χ0) is 13.8. The van der Waals surface area contributed by atoms with Gasteiger partial charge in [-0.3, -0.25) is 14.2 Å². The molecule has 1 heterocycles. The summed E-state index contributed by atoms with van der Waals surface area (Å²) in [6.07, 6.45) is 3.39. The minimum atomic E-state index is -0.207. The molecular formula is C14H14N2O2S. The lowest BCUT2D eigenvalue weighted by Gasteiger charge is -2.05. The lowest BCUT2D eigenvalue weighted by molar-refractivity contribution is 0.0970. The van der Waals surface area contributed by atoms with Gasteiger partial charge in [-0.1, -0.05) is 12.1 Å². The Bertz CT molecular complexity index is 647. The number of thioether (sulfide) groups is 1. The van der Waals surface area contributed by atoms with Gasteiger partial charge in [0.15, 0.2) is 5.78 Å². The van der Waals surface area contributed by atoms with Gasteiger partial charge in [-0.2, -0.15) is 0 Å². The third-order valence-corrected chi connectivity index (χ3v) is 3.49. The van der Waals surface area contributed by atoms with Crippen molar-refractivity contribution in [3.63, 3.8) is 0 Å². The quantitative estimate of drug-likeness (QED) is 0.633. The van der Waals surface area contributed by atoms with Crippen molar-refractivity contribution < 1.29 is 4.79 Å². The zero-order valence-electron chi connectivity index (χ0n) is 10.8. The van der Waals surface area contributed by atoms with Crippen molar-refractivity contribution >= 4 is 17.5 Å². The van der Waals surface area contributed by atoms with Crippen molar-refractivity contribution in [2.24, 2.45) is 0 Å². The van der Waals surface area contributed by atoms with Crippen LogP contribution in [0.25, 0.3) is 0 Å². The number of nitrogens with zero attached hydrogens (tertiary/aromatic N) is 2. The number of ketones is 1. The Morgan fingerprint density at radius 2 is 2.00 bits per heavy atom. The van der Waals surface area contributed by atoms with Crippen LogP contribution in [0.5, 0.6) is 0 Å². The Morgan fingerprint density at radius 3 is 2.58 bits per heavy atom. The first-order valence-electron chi connectivity index (χ1n) is 5.80. The van der Waals surface area contributed by atoms with Gasteiger partial charge in [0.05, 0.1) is 12.9 Å². The number of Topliss-reactive ketones (excluding diaryl/α,β-unsaturated/α-hetero) is 1. The summed E-state index contributed by atoms with van der Waals surface area (Å²) in [4.78, 5) is 28.9. The first-order valence-corrected chi connectivity index (χ1v) is 7.03. The SMILES string of the molecule is CSc1ccc(C(=O)Cn2cnc(C)cc2=O)cc1. The molecule has 19 heavy (non-hydrogen) atoms. The molecule has 0 amide bonds. The van der Waals surface area contributed by atoms with Gasteiger partial charge in [-0.25, -0.2) is 4.98 Å². The van der Waals surface area contributed by atoms with Gasteiger partial charge in [0.2, 0.25) is 0 Å². The number of aryl methyl sites for hydroxylation is 1. The fraction of sp³-hybridized carbons (Fsp3) is 0.214. The fourth-order valence-electron chi connectivity index (χ4n) is 1.66. The zero-order valence-corrected chi connectivity index (χ0v) is 11.6. The summed E-state index contributed by atoms with van der Waals surface area (Å²) >= 11 is 1.62. The molecule has 0 radical (unpaired) electrons. The predicted molar refractivity (Wildman–Crippen MR) is 75.8 cm³/mol. The number of benzene rings is 1. The Balaban J connectivity index is 2.18. The summed E-state index contributed by atoms with van der Waals surface area (Å²) in [5.74, 6) is -0.0968. The van der Waals surface area contributed by atoms with Gasteiger partial charge < -0.3 is 0 Å². The van der Waals surface area contributed by atoms with Crippen LogP contribution in [0, 0.1) is 6.92 Å². The number of carbonyl (C=O) groups excluding carboxylic acids is 1. The first-order chi connectivity index (χ1) is 9.10. The summed E-state index contributed by atoms with van der Waals surface area (Å²) in [7, 11) is 0. The molecule has 1 aromatic carbocycles. The van der Waals surface area contributed by atoms with E-state index in [9.17, 15) is 9.59 Å². The smallest absolute Gasteiger partial charge is 0.253 e. The van der Waals surface area contributed by atoms with E-state index in [0.29, 0.717) is 11.3 Å². The molecule has 2 aromatic rings. The predicted octanol–water partition coefficient (Wildman–Crippen LogP) is 2.16. The molecule has 98 valence electrons. The van der Waals surface area contributed by atoms with E-state index in [0.717, 1.165) is 4.90 Å². The van der Waals surface area contributed by atoms with Gasteiger partial charge in [0, 0.05) is 22.2 Å². The minimum absolute atomic E-state index is 0.0186. The van der Waals surface area contributed by atoms with Crippen molar-refractivity contribution in [2.45, 2.75) is 18.4 Å². The topological polar surface area (TPSA) is 52.0 Å². The van der Waals surface area contributed by atoms with Gasteiger partial charge in [-0.15, -0.1) is 11.8 Å². The van der Waals surface area contributed by atoms with Crippen molar-refractivity contribution in [3.8, 4) is 0 Å². The van der Waals surface area contributed by atoms with E-state index in [1.54, 1.807) is 30.8 Å². The average molecular weight is 274 g/mol. The molecule has 0 N–H and O–H groups in total. The molecule has 0 aliphatic rings. The monoisotopic (exact) mass is 274 g/mol. The molecule has 5 heteroatoms. The summed E-state index contributed by atoms with van der Waals surface area (Å²) in [5, 5.41) is 0. The molecule has 0 saturated carbocycles. The van der Waals surface area contributed by atoms with Gasteiger partial charge in [0.1, 0.15) is 0 Å². The number of carbonyl (C=O) groups is 1. The van der Waals surface area contributed by atoms with E-state index in [2.05, 4.69) is 4.98 Å². The van der Waals surface area contributed by atoms with Crippen LogP contribution in [0.4, 0.5) is 0 Å². The van der Waals surface area contributed by atoms with E-state index in [-0.39, 0.29) is 17.9 Å². The number of aromatic nitrogens is 2. The van der Waals surface area contributed by atoms with Crippen LogP contribution in [0.15, 0.2) is 46.3 Å². The van der Waals surface area contributed by atoms with E-state index in [1.165, 1.54) is 17.0 Å². The fourth-order valence-corrected chi connectivity index (χ4v) is 2.07. The van der Waals surface area contributed by atoms with E-state index in [1.807, 2.05) is 18.4 Å². The first kappa shape index (κ1) is 13.5. The summed E-state index contributed by atoms with van der Waals surface area (Å²) in [6.45, 7) is 1.76. The third-order valence-electron chi connectivity index (χ3n) is 2.74. The highest BCUT2D eigenvalue weighted by molar-refractivity contribution is 7.98. The lowest BCUT2D eigenvalue weighted by Crippen LogP contribution is -2.24. The Morgan fingerprint density at radius 1 is 1.32 bits per heavy atom. The standard InChI is InChI=1S/C14H14N2O2S/c1-10-7-14(18)16(9-15-10)8-13(17)11-3-5-12(19-2)6-4-11/h3-7,9H,8H2,1-2H3. The van der Waals surface area contributed by atoms with Gasteiger partial charge in [-0.05, 0) is 25.3 Å². The molecule has 4 nitrogen and oxygen atoms in total. The molecule has 2 rings (SSSR count). The van der Waals surface area contributed by atoms with Crippen LogP contribution in [0.3, 0.4) is 0 Å². The second kappa shape index (κ2) is 5.84. The molecule has 0 aliphatic carbocycles. The number of rotatable bonds is 4. The minimum Gasteiger partial charge on any atom is -0.292 e. The Labute approximate surface area is 115 Å². The van der Waals surface area contributed by atoms with Crippen molar-refractivity contribution in [2.75, 3.05) is 6.26 Å². The largest absolute Gasteiger partial charge is 0.292 e. The molecule has 1 aromatic heterocycles. The van der Waals surface area contributed by atoms with Crippen LogP contribution in [-0.4, -0.2) is 21.6 Å². The highest BCUT2D eigenvalue weighted by Crippen LogP contribution is 2.15. The third kappa shape index (κ3) is 3.32. The summed E-state index contributed by atoms with van der Waals surface area (Å²) < 4.78 is 1.32. The van der Waals surface area contributed by atoms with E-state index < -0.39 is 0 Å². The van der Waals surface area contributed by atoms with Crippen molar-refractivity contribution in [1.82, 2.24) is 9.55 Å². The molecule has 0 atom stereocenters. The van der Waals surface area contributed by atoms with Gasteiger partial charge in [0.25, 0.3) is 5.56 Å². The summed E-state index contributed by atoms with van der Waals surface area (Å²) in [6, 6.07) is 8.77. The van der Waals surface area contributed by atoms with Crippen LogP contribution in [0.1, 0.15) is 16.1 Å². The van der Waals surface area contributed by atoms with Crippen LogP contribution < -0.4 is 5.56 Å². The van der Waals surface area contributed by atoms with E-state index >= 15 is 0 Å². The van der Waals surface area contributed by atoms with E-state index in [4.69, 9.17) is 0 Å². The molecule has 0 unspecified atom stereocenters. The maximum absolute atomic E-state index is 12.1. The summed E-state index contributed by atoms with van der Waals surface area (Å²) in [5.41, 5.74) is 1.05. The molecule has 0 fully saturated rings. The maximum atomic E-state index is 12.1. The number of hydrogen-bond acceptors (Lipinski definition) is 4. The Kier molecular flexibility index (Phi) is 4.16. The molecule has 0 bridgehead atoms. The van der Waals surface area contributed by atoms with Crippen molar-refractivity contribution in [1.29, 1.82) is 0 Å². The van der Waals surface area contributed by atoms with Crippen molar-refractivity contribution in [3.05, 3.63) is 58.3 Å². The molecule has 0 aliphatic heterocycles. The lowest BCUT2D eigenvalue weighted by atomic mass is 10.1. The normalized spacial score (nSPS) is 10.4. The van der Waals surface area contributed by atoms with Crippen LogP contribution in [-0.2, 0) is 6.54 Å². The highest BCUT2D eigenvalue weighted by Gasteiger charge is 2.08. The highest BCUT2D eigenvalue weighted by atomic mass is 32.2. The second-order valence-corrected chi connectivity index (χ2v) is 5.03. The van der Waals surface area contributed by atoms with Crippen LogP contribution >= 0.6 is 11.8 Å². The molecule has 0 spiro atoms. The average Bonchev–Trinajstić information content (AvgIpc) is 2.42. The van der Waals surface area contributed by atoms with Gasteiger partial charge >= 0.3 is 0 Å². The number of hydrogen-bond donors (Lipinski definition) is 0. The van der Waals surface area contributed by atoms with Crippen LogP contribution in [0.2, 0.25) is 0 Å². The molecule has 0 saturated heterocycles. The Hall–Kier alpha value is -1.88.